The monoisotopic (exact) mass is 393 g/mol. The molecule has 1 rings (SSSR count). The van der Waals surface area contributed by atoms with Crippen molar-refractivity contribution in [3.05, 3.63) is 18.2 Å². The summed E-state index contributed by atoms with van der Waals surface area (Å²) in [5.74, 6) is -0.0398. The molecule has 8 nitrogen and oxygen atoms in total. The quantitative estimate of drug-likeness (QED) is 0.519. The maximum absolute atomic E-state index is 12.6. The van der Waals surface area contributed by atoms with E-state index in [0.29, 0.717) is 6.42 Å². The van der Waals surface area contributed by atoms with E-state index < -0.39 is 20.0 Å². The maximum atomic E-state index is 12.6. The topological polar surface area (TPSA) is 128 Å². The first-order chi connectivity index (χ1) is 11.7. The molecule has 0 aliphatic carbocycles. The van der Waals surface area contributed by atoms with Crippen molar-refractivity contribution in [2.75, 3.05) is 24.1 Å². The normalized spacial score (nSPS) is 13.4. The molecule has 0 aliphatic rings. The highest BCUT2D eigenvalue weighted by molar-refractivity contribution is 7.92. The lowest BCUT2D eigenvalue weighted by Gasteiger charge is -2.18. The van der Waals surface area contributed by atoms with E-state index >= 15 is 0 Å². The molecule has 0 fully saturated rings. The minimum atomic E-state index is -3.84. The fourth-order valence-corrected chi connectivity index (χ4v) is 4.23. The van der Waals surface area contributed by atoms with Gasteiger partial charge in [-0.05, 0) is 25.5 Å². The van der Waals surface area contributed by atoms with Crippen LogP contribution in [0.2, 0.25) is 0 Å². The van der Waals surface area contributed by atoms with E-state index in [2.05, 4.69) is 9.44 Å². The summed E-state index contributed by atoms with van der Waals surface area (Å²) in [7, 11) is -5.99. The van der Waals surface area contributed by atoms with E-state index in [1.54, 1.807) is 0 Å². The average Bonchev–Trinajstić information content (AvgIpc) is 2.57. The van der Waals surface area contributed by atoms with Gasteiger partial charge in [0.2, 0.25) is 20.0 Å². The van der Waals surface area contributed by atoms with Crippen LogP contribution in [0.5, 0.6) is 5.75 Å². The highest BCUT2D eigenvalue weighted by Crippen LogP contribution is 2.28. The van der Waals surface area contributed by atoms with Crippen LogP contribution in [0, 0.1) is 0 Å². The molecule has 1 aromatic carbocycles. The largest absolute Gasteiger partial charge is 0.495 e. The number of sulfonamides is 2. The SMILES string of the molecule is CCCCC(CN)NS(=O)(=O)c1ccc(NS(=O)(=O)CC)cc1OC. The minimum Gasteiger partial charge on any atom is -0.495 e. The number of hydrogen-bond acceptors (Lipinski definition) is 6. The van der Waals surface area contributed by atoms with Gasteiger partial charge in [0, 0.05) is 18.7 Å². The van der Waals surface area contributed by atoms with Crippen LogP contribution >= 0.6 is 0 Å². The van der Waals surface area contributed by atoms with Crippen molar-refractivity contribution in [2.24, 2.45) is 5.73 Å². The fourth-order valence-electron chi connectivity index (χ4n) is 2.16. The Morgan fingerprint density at radius 1 is 1.20 bits per heavy atom. The standard InChI is InChI=1S/C15H27N3O5S2/c1-4-6-7-13(11-16)18-25(21,22)15-9-8-12(10-14(15)23-3)17-24(19,20)5-2/h8-10,13,17-18H,4-7,11,16H2,1-3H3. The van der Waals surface area contributed by atoms with E-state index in [1.807, 2.05) is 6.92 Å². The molecule has 0 bridgehead atoms. The molecule has 4 N–H and O–H groups in total. The second-order valence-electron chi connectivity index (χ2n) is 5.57. The molecule has 0 spiro atoms. The van der Waals surface area contributed by atoms with Crippen molar-refractivity contribution in [1.82, 2.24) is 4.72 Å². The first-order valence-electron chi connectivity index (χ1n) is 8.10. The lowest BCUT2D eigenvalue weighted by molar-refractivity contribution is 0.402. The summed E-state index contributed by atoms with van der Waals surface area (Å²) in [6, 6.07) is 3.66. The van der Waals surface area contributed by atoms with Crippen molar-refractivity contribution < 1.29 is 21.6 Å². The van der Waals surface area contributed by atoms with Gasteiger partial charge in [-0.1, -0.05) is 19.8 Å². The lowest BCUT2D eigenvalue weighted by Crippen LogP contribution is -2.40. The molecule has 0 radical (unpaired) electrons. The summed E-state index contributed by atoms with van der Waals surface area (Å²) in [4.78, 5) is -0.0654. The molecular weight excluding hydrogens is 366 g/mol. The highest BCUT2D eigenvalue weighted by Gasteiger charge is 2.23. The van der Waals surface area contributed by atoms with Gasteiger partial charge in [0.1, 0.15) is 10.6 Å². The van der Waals surface area contributed by atoms with Gasteiger partial charge in [-0.3, -0.25) is 4.72 Å². The Hall–Kier alpha value is -1.36. The van der Waals surface area contributed by atoms with Gasteiger partial charge in [0.25, 0.3) is 0 Å². The molecule has 1 atom stereocenters. The molecule has 0 saturated carbocycles. The Labute approximate surface area is 150 Å². The van der Waals surface area contributed by atoms with E-state index in [4.69, 9.17) is 10.5 Å². The van der Waals surface area contributed by atoms with Crippen LogP contribution in [0.4, 0.5) is 5.69 Å². The molecule has 0 aliphatic heterocycles. The molecular formula is C15H27N3O5S2. The van der Waals surface area contributed by atoms with Crippen LogP contribution < -0.4 is 19.9 Å². The van der Waals surface area contributed by atoms with Gasteiger partial charge in [0.05, 0.1) is 18.6 Å². The van der Waals surface area contributed by atoms with Crippen LogP contribution in [-0.2, 0) is 20.0 Å². The van der Waals surface area contributed by atoms with E-state index in [1.165, 1.54) is 32.2 Å². The summed E-state index contributed by atoms with van der Waals surface area (Å²) < 4.78 is 58.6. The van der Waals surface area contributed by atoms with Crippen LogP contribution in [-0.4, -0.2) is 42.3 Å². The third-order valence-electron chi connectivity index (χ3n) is 3.62. The highest BCUT2D eigenvalue weighted by atomic mass is 32.2. The van der Waals surface area contributed by atoms with Gasteiger partial charge in [-0.2, -0.15) is 0 Å². The van der Waals surface area contributed by atoms with Gasteiger partial charge < -0.3 is 10.5 Å². The Bertz CT molecular complexity index is 763. The van der Waals surface area contributed by atoms with Crippen molar-refractivity contribution in [2.45, 2.75) is 44.0 Å². The van der Waals surface area contributed by atoms with Crippen molar-refractivity contribution >= 4 is 25.7 Å². The van der Waals surface area contributed by atoms with Crippen LogP contribution in [0.3, 0.4) is 0 Å². The number of methoxy groups -OCH3 is 1. The predicted molar refractivity (Wildman–Crippen MR) is 98.8 cm³/mol. The number of ether oxygens (including phenoxy) is 1. The van der Waals surface area contributed by atoms with Crippen LogP contribution in [0.25, 0.3) is 0 Å². The predicted octanol–water partition coefficient (Wildman–Crippen LogP) is 1.25. The molecule has 10 heteroatoms. The third kappa shape index (κ3) is 6.46. The van der Waals surface area contributed by atoms with E-state index in [0.717, 1.165) is 12.8 Å². The zero-order valence-corrected chi connectivity index (χ0v) is 16.4. The number of nitrogens with one attached hydrogen (secondary N) is 2. The smallest absolute Gasteiger partial charge is 0.244 e. The number of benzene rings is 1. The summed E-state index contributed by atoms with van der Waals surface area (Å²) in [6.07, 6.45) is 2.44. The molecule has 25 heavy (non-hydrogen) atoms. The fraction of sp³-hybridized carbons (Fsp3) is 0.600. The van der Waals surface area contributed by atoms with Crippen molar-refractivity contribution in [3.8, 4) is 5.75 Å². The van der Waals surface area contributed by atoms with E-state index in [9.17, 15) is 16.8 Å². The Morgan fingerprint density at radius 3 is 2.40 bits per heavy atom. The third-order valence-corrected chi connectivity index (χ3v) is 6.49. The first-order valence-corrected chi connectivity index (χ1v) is 11.2. The zero-order valence-electron chi connectivity index (χ0n) is 14.8. The molecule has 0 aromatic heterocycles. The van der Waals surface area contributed by atoms with Gasteiger partial charge in [-0.15, -0.1) is 0 Å². The van der Waals surface area contributed by atoms with Crippen molar-refractivity contribution in [3.63, 3.8) is 0 Å². The molecule has 0 heterocycles. The molecule has 144 valence electrons. The second kappa shape index (κ2) is 9.37. The number of anilines is 1. The molecule has 0 saturated heterocycles. The molecule has 0 amide bonds. The van der Waals surface area contributed by atoms with Crippen LogP contribution in [0.15, 0.2) is 23.1 Å². The number of unbranched alkanes of at least 4 members (excludes halogenated alkanes) is 1. The summed E-state index contributed by atoms with van der Waals surface area (Å²) in [5, 5.41) is 0. The number of hydrogen-bond donors (Lipinski definition) is 3. The number of rotatable bonds is 11. The van der Waals surface area contributed by atoms with Gasteiger partial charge in [0.15, 0.2) is 0 Å². The lowest BCUT2D eigenvalue weighted by atomic mass is 10.1. The minimum absolute atomic E-state index is 0.0510. The Morgan fingerprint density at radius 2 is 1.88 bits per heavy atom. The van der Waals surface area contributed by atoms with Gasteiger partial charge in [-0.25, -0.2) is 21.6 Å². The Balaban J connectivity index is 3.10. The summed E-state index contributed by atoms with van der Waals surface area (Å²) in [6.45, 7) is 3.71. The molecule has 1 aromatic rings. The first kappa shape index (κ1) is 21.7. The zero-order chi connectivity index (χ0) is 19.1. The average molecular weight is 394 g/mol. The van der Waals surface area contributed by atoms with Gasteiger partial charge >= 0.3 is 0 Å². The summed E-state index contributed by atoms with van der Waals surface area (Å²) in [5.41, 5.74) is 5.88. The summed E-state index contributed by atoms with van der Waals surface area (Å²) >= 11 is 0. The van der Waals surface area contributed by atoms with E-state index in [-0.39, 0.29) is 34.7 Å². The number of nitrogens with two attached hydrogens (primary N) is 1. The van der Waals surface area contributed by atoms with Crippen molar-refractivity contribution in [1.29, 1.82) is 0 Å². The van der Waals surface area contributed by atoms with Crippen LogP contribution in [0.1, 0.15) is 33.1 Å². The second-order valence-corrected chi connectivity index (χ2v) is 9.26. The Kier molecular flexibility index (Phi) is 8.13. The molecule has 1 unspecified atom stereocenters. The maximum Gasteiger partial charge on any atom is 0.244 e.